The van der Waals surface area contributed by atoms with E-state index in [1.165, 1.54) is 19.4 Å². The van der Waals surface area contributed by atoms with Gasteiger partial charge in [0, 0.05) is 34.7 Å². The average molecular weight is 439 g/mol. The van der Waals surface area contributed by atoms with Crippen LogP contribution >= 0.6 is 11.6 Å². The zero-order valence-electron chi connectivity index (χ0n) is 16.5. The normalized spacial score (nSPS) is 10.1. The van der Waals surface area contributed by atoms with Gasteiger partial charge in [-0.1, -0.05) is 17.7 Å². The van der Waals surface area contributed by atoms with Gasteiger partial charge in [-0.3, -0.25) is 19.4 Å². The quantitative estimate of drug-likeness (QED) is 0.524. The second kappa shape index (κ2) is 10.2. The number of hydrogen-bond donors (Lipinski definition) is 3. The van der Waals surface area contributed by atoms with Gasteiger partial charge >= 0.3 is 0 Å². The van der Waals surface area contributed by atoms with E-state index in [1.807, 2.05) is 0 Å². The molecule has 8 nitrogen and oxygen atoms in total. The third-order valence-corrected chi connectivity index (χ3v) is 4.39. The van der Waals surface area contributed by atoms with Crippen molar-refractivity contribution in [2.45, 2.75) is 0 Å². The van der Waals surface area contributed by atoms with E-state index in [0.717, 1.165) is 0 Å². The number of aromatic nitrogens is 1. The Balaban J connectivity index is 1.59. The van der Waals surface area contributed by atoms with Crippen LogP contribution in [0, 0.1) is 0 Å². The maximum absolute atomic E-state index is 12.3. The number of benzene rings is 2. The number of carbonyl (C=O) groups excluding carboxylic acids is 3. The highest BCUT2D eigenvalue weighted by Crippen LogP contribution is 2.28. The number of nitrogens with zero attached hydrogens (tertiary/aromatic N) is 1. The summed E-state index contributed by atoms with van der Waals surface area (Å²) in [6.45, 7) is -0.229. The molecule has 0 aliphatic rings. The van der Waals surface area contributed by atoms with Crippen LogP contribution in [0.15, 0.2) is 67.0 Å². The number of carbonyl (C=O) groups is 3. The minimum Gasteiger partial charge on any atom is -0.494 e. The average Bonchev–Trinajstić information content (AvgIpc) is 2.79. The van der Waals surface area contributed by atoms with Crippen LogP contribution in [-0.4, -0.2) is 36.4 Å². The molecule has 3 N–H and O–H groups in total. The molecule has 0 aliphatic heterocycles. The summed E-state index contributed by atoms with van der Waals surface area (Å²) in [6.07, 6.45) is 3.03. The third kappa shape index (κ3) is 6.03. The van der Waals surface area contributed by atoms with Gasteiger partial charge in [0.15, 0.2) is 0 Å². The lowest BCUT2D eigenvalue weighted by atomic mass is 10.2. The Hall–Kier alpha value is -3.91. The fourth-order valence-corrected chi connectivity index (χ4v) is 2.85. The molecule has 3 amide bonds. The van der Waals surface area contributed by atoms with Crippen molar-refractivity contribution < 1.29 is 19.1 Å². The third-order valence-electron chi connectivity index (χ3n) is 4.15. The van der Waals surface area contributed by atoms with Crippen LogP contribution in [0.25, 0.3) is 0 Å². The number of methoxy groups -OCH3 is 1. The molecule has 158 valence electrons. The minimum absolute atomic E-state index is 0.229. The summed E-state index contributed by atoms with van der Waals surface area (Å²) >= 11 is 5.87. The van der Waals surface area contributed by atoms with Gasteiger partial charge in [-0.2, -0.15) is 0 Å². The molecule has 0 saturated heterocycles. The molecule has 9 heteroatoms. The summed E-state index contributed by atoms with van der Waals surface area (Å²) < 4.78 is 5.31. The summed E-state index contributed by atoms with van der Waals surface area (Å²) in [5, 5.41) is 8.36. The number of rotatable bonds is 7. The Morgan fingerprint density at radius 1 is 0.968 bits per heavy atom. The van der Waals surface area contributed by atoms with Crippen LogP contribution in [0.2, 0.25) is 5.02 Å². The SMILES string of the molecule is COc1cc(NC(=O)CNC(=O)c2cccc(Cl)c2)ccc1NC(=O)c1cccnc1. The van der Waals surface area contributed by atoms with Crippen LogP contribution in [0.4, 0.5) is 11.4 Å². The topological polar surface area (TPSA) is 109 Å². The van der Waals surface area contributed by atoms with E-state index >= 15 is 0 Å². The predicted molar refractivity (Wildman–Crippen MR) is 118 cm³/mol. The van der Waals surface area contributed by atoms with Gasteiger partial charge in [0.1, 0.15) is 5.75 Å². The first-order valence-electron chi connectivity index (χ1n) is 9.19. The smallest absolute Gasteiger partial charge is 0.257 e. The largest absolute Gasteiger partial charge is 0.494 e. The fourth-order valence-electron chi connectivity index (χ4n) is 2.66. The molecule has 0 saturated carbocycles. The Labute approximate surface area is 183 Å². The number of hydrogen-bond acceptors (Lipinski definition) is 5. The van der Waals surface area contributed by atoms with E-state index in [0.29, 0.717) is 33.3 Å². The molecular weight excluding hydrogens is 420 g/mol. The number of nitrogens with one attached hydrogen (secondary N) is 3. The van der Waals surface area contributed by atoms with E-state index in [9.17, 15) is 14.4 Å². The second-order valence-electron chi connectivity index (χ2n) is 6.35. The van der Waals surface area contributed by atoms with Crippen LogP contribution in [0.1, 0.15) is 20.7 Å². The molecule has 0 spiro atoms. The lowest BCUT2D eigenvalue weighted by Crippen LogP contribution is -2.32. The molecule has 0 radical (unpaired) electrons. The van der Waals surface area contributed by atoms with Crippen LogP contribution in [0.5, 0.6) is 5.75 Å². The summed E-state index contributed by atoms with van der Waals surface area (Å²) in [7, 11) is 1.45. The molecule has 1 heterocycles. The van der Waals surface area contributed by atoms with Crippen molar-refractivity contribution in [2.24, 2.45) is 0 Å². The Morgan fingerprint density at radius 2 is 1.77 bits per heavy atom. The second-order valence-corrected chi connectivity index (χ2v) is 6.79. The molecular formula is C22H19ClN4O4. The first kappa shape index (κ1) is 21.8. The van der Waals surface area contributed by atoms with Crippen molar-refractivity contribution in [1.82, 2.24) is 10.3 Å². The number of anilines is 2. The van der Waals surface area contributed by atoms with Crippen LogP contribution in [0.3, 0.4) is 0 Å². The van der Waals surface area contributed by atoms with Crippen LogP contribution in [-0.2, 0) is 4.79 Å². The van der Waals surface area contributed by atoms with Crippen molar-refractivity contribution in [3.63, 3.8) is 0 Å². The van der Waals surface area contributed by atoms with Crippen molar-refractivity contribution in [3.05, 3.63) is 83.1 Å². The van der Waals surface area contributed by atoms with Gasteiger partial charge in [0.2, 0.25) is 5.91 Å². The lowest BCUT2D eigenvalue weighted by molar-refractivity contribution is -0.115. The van der Waals surface area contributed by atoms with E-state index in [1.54, 1.807) is 54.7 Å². The van der Waals surface area contributed by atoms with E-state index in [-0.39, 0.29) is 12.5 Å². The monoisotopic (exact) mass is 438 g/mol. The van der Waals surface area contributed by atoms with Gasteiger partial charge in [-0.05, 0) is 42.5 Å². The van der Waals surface area contributed by atoms with Gasteiger partial charge in [0.05, 0.1) is 24.9 Å². The first-order valence-corrected chi connectivity index (χ1v) is 9.57. The van der Waals surface area contributed by atoms with Crippen molar-refractivity contribution in [2.75, 3.05) is 24.3 Å². The van der Waals surface area contributed by atoms with Crippen molar-refractivity contribution >= 4 is 40.7 Å². The highest BCUT2D eigenvalue weighted by atomic mass is 35.5. The first-order chi connectivity index (χ1) is 15.0. The highest BCUT2D eigenvalue weighted by Gasteiger charge is 2.13. The summed E-state index contributed by atoms with van der Waals surface area (Å²) in [5.41, 5.74) is 1.63. The van der Waals surface area contributed by atoms with Crippen molar-refractivity contribution in [3.8, 4) is 5.75 Å². The molecule has 0 fully saturated rings. The number of pyridine rings is 1. The van der Waals surface area contributed by atoms with Gasteiger partial charge in [-0.25, -0.2) is 0 Å². The molecule has 3 aromatic rings. The zero-order chi connectivity index (χ0) is 22.2. The zero-order valence-corrected chi connectivity index (χ0v) is 17.3. The Bertz CT molecular complexity index is 1110. The number of amides is 3. The van der Waals surface area contributed by atoms with E-state index in [4.69, 9.17) is 16.3 Å². The molecule has 0 bridgehead atoms. The molecule has 0 aliphatic carbocycles. The van der Waals surface area contributed by atoms with Gasteiger partial charge in [0.25, 0.3) is 11.8 Å². The predicted octanol–water partition coefficient (Wildman–Crippen LogP) is 3.36. The molecule has 3 rings (SSSR count). The maximum atomic E-state index is 12.3. The maximum Gasteiger partial charge on any atom is 0.257 e. The highest BCUT2D eigenvalue weighted by molar-refractivity contribution is 6.31. The van der Waals surface area contributed by atoms with Gasteiger partial charge < -0.3 is 20.7 Å². The van der Waals surface area contributed by atoms with E-state index in [2.05, 4.69) is 20.9 Å². The lowest BCUT2D eigenvalue weighted by Gasteiger charge is -2.13. The standard InChI is InChI=1S/C22H19ClN4O4/c1-31-19-11-17(7-8-18(19)27-22(30)15-5-3-9-24-12-15)26-20(28)13-25-21(29)14-4-2-6-16(23)10-14/h2-12H,13H2,1H3,(H,25,29)(H,26,28)(H,27,30). The van der Waals surface area contributed by atoms with E-state index < -0.39 is 11.8 Å². The Kier molecular flexibility index (Phi) is 7.18. The number of ether oxygens (including phenoxy) is 1. The summed E-state index contributed by atoms with van der Waals surface area (Å²) in [6, 6.07) is 14.5. The van der Waals surface area contributed by atoms with Crippen molar-refractivity contribution in [1.29, 1.82) is 0 Å². The molecule has 31 heavy (non-hydrogen) atoms. The molecule has 2 aromatic carbocycles. The molecule has 1 aromatic heterocycles. The molecule has 0 unspecified atom stereocenters. The summed E-state index contributed by atoms with van der Waals surface area (Å²) in [4.78, 5) is 40.5. The fraction of sp³-hybridized carbons (Fsp3) is 0.0909. The van der Waals surface area contributed by atoms with Crippen LogP contribution < -0.4 is 20.7 Å². The Morgan fingerprint density at radius 3 is 2.48 bits per heavy atom. The summed E-state index contributed by atoms with van der Waals surface area (Å²) in [5.74, 6) is -0.821. The molecule has 0 atom stereocenters. The number of halogens is 1. The van der Waals surface area contributed by atoms with Gasteiger partial charge in [-0.15, -0.1) is 0 Å². The minimum atomic E-state index is -0.426.